The van der Waals surface area contributed by atoms with Crippen LogP contribution in [-0.4, -0.2) is 94.0 Å². The van der Waals surface area contributed by atoms with E-state index in [4.69, 9.17) is 4.99 Å². The third-order valence-electron chi connectivity index (χ3n) is 8.81. The molecule has 0 spiro atoms. The van der Waals surface area contributed by atoms with E-state index in [0.29, 0.717) is 43.6 Å². The molecule has 1 fully saturated rings. The molecule has 252 valence electrons. The van der Waals surface area contributed by atoms with Gasteiger partial charge in [0.2, 0.25) is 0 Å². The molecule has 0 aliphatic carbocycles. The van der Waals surface area contributed by atoms with Crippen LogP contribution in [0.1, 0.15) is 47.0 Å². The SMILES string of the molecule is C=C1C=C=C(C(=C)/C=C\CCNC(CN(C(=C)CNC)C(C)C(C)C)=NC)/C=C\C(=C)CNC(C2[C@H](CC)CCN2C)=NCC=C1. The fraction of sp³-hybridized carbons (Fsp3) is 0.513. The molecule has 0 saturated carbocycles. The van der Waals surface area contributed by atoms with Crippen LogP contribution in [0.3, 0.4) is 0 Å². The van der Waals surface area contributed by atoms with Gasteiger partial charge in [0.05, 0.1) is 19.1 Å². The minimum atomic E-state index is 0.307. The molecule has 0 radical (unpaired) electrons. The Hall–Kier alpha value is -3.64. The number of likely N-dealkylation sites (N-methyl/N-ethyl adjacent to an activating group) is 2. The Morgan fingerprint density at radius 1 is 1.24 bits per heavy atom. The third-order valence-corrected chi connectivity index (χ3v) is 8.81. The van der Waals surface area contributed by atoms with Gasteiger partial charge in [-0.25, -0.2) is 0 Å². The second-order valence-electron chi connectivity index (χ2n) is 12.7. The summed E-state index contributed by atoms with van der Waals surface area (Å²) >= 11 is 0. The van der Waals surface area contributed by atoms with Crippen LogP contribution in [0.25, 0.3) is 0 Å². The van der Waals surface area contributed by atoms with Gasteiger partial charge in [0, 0.05) is 44.0 Å². The molecule has 2 unspecified atom stereocenters. The maximum absolute atomic E-state index is 4.95. The minimum absolute atomic E-state index is 0.307. The summed E-state index contributed by atoms with van der Waals surface area (Å²) in [5.74, 6) is 3.10. The first-order valence-corrected chi connectivity index (χ1v) is 16.8. The van der Waals surface area contributed by atoms with Crippen molar-refractivity contribution in [2.24, 2.45) is 21.8 Å². The highest BCUT2D eigenvalue weighted by molar-refractivity contribution is 5.88. The Kier molecular flexibility index (Phi) is 17.2. The van der Waals surface area contributed by atoms with Crippen LogP contribution in [0, 0.1) is 11.8 Å². The van der Waals surface area contributed by atoms with Crippen LogP contribution in [0.5, 0.6) is 0 Å². The summed E-state index contributed by atoms with van der Waals surface area (Å²) in [5, 5.41) is 10.4. The second kappa shape index (κ2) is 20.5. The number of amidine groups is 2. The monoisotopic (exact) mass is 627 g/mol. The van der Waals surface area contributed by atoms with Gasteiger partial charge < -0.3 is 20.9 Å². The summed E-state index contributed by atoms with van der Waals surface area (Å²) in [5.41, 5.74) is 8.06. The molecule has 7 heteroatoms. The molecule has 7 nitrogen and oxygen atoms in total. The minimum Gasteiger partial charge on any atom is -0.372 e. The molecule has 0 aromatic heterocycles. The highest BCUT2D eigenvalue weighted by atomic mass is 15.2. The maximum Gasteiger partial charge on any atom is 0.116 e. The molecule has 0 bridgehead atoms. The van der Waals surface area contributed by atoms with Crippen molar-refractivity contribution in [1.29, 1.82) is 0 Å². The van der Waals surface area contributed by atoms with Crippen molar-refractivity contribution in [1.82, 2.24) is 25.8 Å². The lowest BCUT2D eigenvalue weighted by Crippen LogP contribution is -2.45. The zero-order valence-corrected chi connectivity index (χ0v) is 29.8. The Morgan fingerprint density at radius 3 is 2.67 bits per heavy atom. The largest absolute Gasteiger partial charge is 0.372 e. The normalized spacial score (nSPS) is 21.5. The third kappa shape index (κ3) is 12.6. The zero-order valence-electron chi connectivity index (χ0n) is 29.8. The first-order chi connectivity index (χ1) is 22.0. The molecular formula is C39H61N7. The van der Waals surface area contributed by atoms with Gasteiger partial charge in [0.25, 0.3) is 0 Å². The molecule has 0 amide bonds. The van der Waals surface area contributed by atoms with Gasteiger partial charge in [-0.2, -0.15) is 0 Å². The van der Waals surface area contributed by atoms with Crippen LogP contribution in [-0.2, 0) is 0 Å². The molecule has 3 N–H and O–H groups in total. The average molecular weight is 628 g/mol. The van der Waals surface area contributed by atoms with Gasteiger partial charge in [-0.05, 0) is 81.1 Å². The highest BCUT2D eigenvalue weighted by Gasteiger charge is 2.34. The number of likely N-dealkylation sites (tertiary alicyclic amines) is 1. The first kappa shape index (κ1) is 38.5. The number of allylic oxidation sites excluding steroid dienone is 6. The quantitative estimate of drug-likeness (QED) is 0.0701. The number of rotatable bonds is 14. The molecule has 1 saturated heterocycles. The van der Waals surface area contributed by atoms with E-state index in [1.807, 2.05) is 38.4 Å². The van der Waals surface area contributed by atoms with E-state index in [-0.39, 0.29) is 0 Å². The van der Waals surface area contributed by atoms with E-state index in [9.17, 15) is 0 Å². The average Bonchev–Trinajstić information content (AvgIpc) is 3.41. The van der Waals surface area contributed by atoms with Crippen molar-refractivity contribution in [2.75, 3.05) is 60.4 Å². The lowest BCUT2D eigenvalue weighted by Gasteiger charge is -2.35. The van der Waals surface area contributed by atoms with Gasteiger partial charge in [-0.3, -0.25) is 14.9 Å². The van der Waals surface area contributed by atoms with Crippen molar-refractivity contribution in [2.45, 2.75) is 59.0 Å². The van der Waals surface area contributed by atoms with Crippen molar-refractivity contribution < 1.29 is 0 Å². The van der Waals surface area contributed by atoms with E-state index < -0.39 is 0 Å². The van der Waals surface area contributed by atoms with E-state index in [2.05, 4.69) is 116 Å². The summed E-state index contributed by atoms with van der Waals surface area (Å²) in [6.45, 7) is 30.7. The smallest absolute Gasteiger partial charge is 0.116 e. The Balaban J connectivity index is 2.07. The van der Waals surface area contributed by atoms with Gasteiger partial charge >= 0.3 is 0 Å². The summed E-state index contributed by atoms with van der Waals surface area (Å²) < 4.78 is 0. The first-order valence-electron chi connectivity index (χ1n) is 16.8. The van der Waals surface area contributed by atoms with Crippen LogP contribution >= 0.6 is 0 Å². The van der Waals surface area contributed by atoms with E-state index in [0.717, 1.165) is 72.1 Å². The second-order valence-corrected chi connectivity index (χ2v) is 12.7. The topological polar surface area (TPSA) is 67.3 Å². The Labute approximate surface area is 280 Å². The fourth-order valence-corrected chi connectivity index (χ4v) is 5.62. The van der Waals surface area contributed by atoms with Gasteiger partial charge in [-0.1, -0.05) is 83.9 Å². The zero-order chi connectivity index (χ0) is 34.1. The molecular weight excluding hydrogens is 566 g/mol. The standard InChI is InChI=1S/C39H61N7/c1-12-35-22-25-45(11)38(35)39-43-24-15-16-30(4)18-20-36(21-19-31(5)26-44-39)32(6)17-13-14-23-42-37(41-10)28-46(33(7)27-40-9)34(8)29(2)3/h13,15-19,21,29,34-35,38,40H,4-7,12,14,22-28H2,1-3,8-11H3,(H,41,42)(H,43,44)/b16-15?,17-13-,21-19-/t20?,34?,35-,38?/m1/s1. The number of aliphatic imine (C=N–C) groups is 2. The van der Waals surface area contributed by atoms with Crippen molar-refractivity contribution in [3.8, 4) is 0 Å². The number of hydrogen-bond acceptors (Lipinski definition) is 6. The maximum atomic E-state index is 4.95. The van der Waals surface area contributed by atoms with Crippen molar-refractivity contribution in [3.63, 3.8) is 0 Å². The van der Waals surface area contributed by atoms with Crippen molar-refractivity contribution >= 4 is 11.7 Å². The van der Waals surface area contributed by atoms with Crippen molar-refractivity contribution in [3.05, 3.63) is 103 Å². The summed E-state index contributed by atoms with van der Waals surface area (Å²) in [7, 11) is 5.99. The molecule has 2 rings (SSSR count). The lowest BCUT2D eigenvalue weighted by molar-refractivity contribution is 0.237. The highest BCUT2D eigenvalue weighted by Crippen LogP contribution is 2.26. The molecule has 2 aliphatic rings. The van der Waals surface area contributed by atoms with Gasteiger partial charge in [-0.15, -0.1) is 5.73 Å². The molecule has 0 aromatic carbocycles. The number of nitrogens with one attached hydrogen (secondary N) is 3. The molecule has 46 heavy (non-hydrogen) atoms. The Bertz CT molecular complexity index is 1270. The summed E-state index contributed by atoms with van der Waals surface area (Å²) in [4.78, 5) is 14.2. The predicted octanol–water partition coefficient (Wildman–Crippen LogP) is 6.22. The molecule has 3 atom stereocenters. The summed E-state index contributed by atoms with van der Waals surface area (Å²) in [6.07, 6.45) is 17.4. The van der Waals surface area contributed by atoms with Gasteiger partial charge in [0.15, 0.2) is 0 Å². The van der Waals surface area contributed by atoms with Crippen LogP contribution in [0.4, 0.5) is 0 Å². The van der Waals surface area contributed by atoms with Gasteiger partial charge in [0.1, 0.15) is 11.7 Å². The van der Waals surface area contributed by atoms with Crippen LogP contribution in [0.15, 0.2) is 113 Å². The Morgan fingerprint density at radius 2 is 2.00 bits per heavy atom. The van der Waals surface area contributed by atoms with Crippen LogP contribution < -0.4 is 16.0 Å². The predicted molar refractivity (Wildman–Crippen MR) is 202 cm³/mol. The van der Waals surface area contributed by atoms with E-state index in [1.54, 1.807) is 0 Å². The van der Waals surface area contributed by atoms with Crippen LogP contribution in [0.2, 0.25) is 0 Å². The molecule has 2 aliphatic heterocycles. The fourth-order valence-electron chi connectivity index (χ4n) is 5.62. The number of nitrogens with zero attached hydrogens (tertiary/aromatic N) is 4. The molecule has 2 heterocycles. The lowest BCUT2D eigenvalue weighted by atomic mass is 9.96. The van der Waals surface area contributed by atoms with E-state index >= 15 is 0 Å². The summed E-state index contributed by atoms with van der Waals surface area (Å²) in [6, 6.07) is 0.661. The molecule has 0 aromatic rings. The number of hydrogen-bond donors (Lipinski definition) is 3. The van der Waals surface area contributed by atoms with E-state index in [1.165, 1.54) is 6.42 Å².